The number of anilines is 1. The summed E-state index contributed by atoms with van der Waals surface area (Å²) in [5, 5.41) is 5.01. The highest BCUT2D eigenvalue weighted by atomic mass is 32.2. The van der Waals surface area contributed by atoms with Crippen molar-refractivity contribution in [1.82, 2.24) is 4.90 Å². The van der Waals surface area contributed by atoms with E-state index in [-0.39, 0.29) is 18.2 Å². The van der Waals surface area contributed by atoms with Crippen LogP contribution >= 0.6 is 24.0 Å². The molecule has 34 heavy (non-hydrogen) atoms. The first-order valence-corrected chi connectivity index (χ1v) is 11.9. The fraction of sp³-hybridized carbons (Fsp3) is 0.154. The van der Waals surface area contributed by atoms with E-state index in [4.69, 9.17) is 17.0 Å². The standard InChI is InChI=1S/C26H22N2O4S2/c1-32-25(31)19-13-11-17(12-14-19)16-22-24(30)28(26(33)34-22)15-5-10-23(29)27-21-9-4-7-18-6-2-3-8-20(18)21/h2-4,6-9,11-14,16H,5,10,15H2,1H3,(H,27,29)/b22-16-. The molecule has 0 aromatic heterocycles. The number of methoxy groups -OCH3 is 1. The monoisotopic (exact) mass is 490 g/mol. The van der Waals surface area contributed by atoms with Crippen molar-refractivity contribution < 1.29 is 19.1 Å². The molecule has 8 heteroatoms. The van der Waals surface area contributed by atoms with Gasteiger partial charge in [0, 0.05) is 24.0 Å². The zero-order chi connectivity index (χ0) is 24.1. The van der Waals surface area contributed by atoms with Crippen LogP contribution in [0.4, 0.5) is 5.69 Å². The Balaban J connectivity index is 1.33. The molecule has 0 spiro atoms. The lowest BCUT2D eigenvalue weighted by Gasteiger charge is -2.14. The Morgan fingerprint density at radius 1 is 1.06 bits per heavy atom. The predicted octanol–water partition coefficient (Wildman–Crippen LogP) is 5.25. The van der Waals surface area contributed by atoms with E-state index >= 15 is 0 Å². The average Bonchev–Trinajstić information content (AvgIpc) is 3.11. The lowest BCUT2D eigenvalue weighted by Crippen LogP contribution is -2.29. The molecule has 6 nitrogen and oxygen atoms in total. The van der Waals surface area contributed by atoms with E-state index in [2.05, 4.69) is 5.32 Å². The fourth-order valence-corrected chi connectivity index (χ4v) is 4.93. The van der Waals surface area contributed by atoms with E-state index < -0.39 is 5.97 Å². The molecule has 1 aliphatic rings. The summed E-state index contributed by atoms with van der Waals surface area (Å²) in [7, 11) is 1.33. The molecule has 0 radical (unpaired) electrons. The van der Waals surface area contributed by atoms with Crippen LogP contribution in [0.2, 0.25) is 0 Å². The number of esters is 1. The van der Waals surface area contributed by atoms with E-state index in [1.54, 1.807) is 30.3 Å². The van der Waals surface area contributed by atoms with Crippen LogP contribution in [0.15, 0.2) is 71.6 Å². The molecule has 3 aromatic rings. The van der Waals surface area contributed by atoms with Gasteiger partial charge in [0.25, 0.3) is 5.91 Å². The predicted molar refractivity (Wildman–Crippen MR) is 139 cm³/mol. The first kappa shape index (κ1) is 23.7. The van der Waals surface area contributed by atoms with E-state index in [9.17, 15) is 14.4 Å². The summed E-state index contributed by atoms with van der Waals surface area (Å²) in [5.74, 6) is -0.702. The summed E-state index contributed by atoms with van der Waals surface area (Å²) < 4.78 is 5.17. The number of amides is 2. The molecule has 172 valence electrons. The van der Waals surface area contributed by atoms with Gasteiger partial charge in [-0.25, -0.2) is 4.79 Å². The van der Waals surface area contributed by atoms with Crippen LogP contribution in [0.1, 0.15) is 28.8 Å². The van der Waals surface area contributed by atoms with Crippen molar-refractivity contribution >= 4 is 68.6 Å². The van der Waals surface area contributed by atoms with Crippen LogP contribution in [0.25, 0.3) is 16.8 Å². The molecular formula is C26H22N2O4S2. The van der Waals surface area contributed by atoms with Gasteiger partial charge < -0.3 is 10.1 Å². The zero-order valence-electron chi connectivity index (χ0n) is 18.4. The maximum absolute atomic E-state index is 12.8. The number of hydrogen-bond acceptors (Lipinski definition) is 6. The van der Waals surface area contributed by atoms with Crippen LogP contribution in [0.3, 0.4) is 0 Å². The molecule has 0 atom stereocenters. The molecule has 1 N–H and O–H groups in total. The van der Waals surface area contributed by atoms with E-state index in [1.807, 2.05) is 42.5 Å². The second-order valence-electron chi connectivity index (χ2n) is 7.63. The Bertz CT molecular complexity index is 1300. The quantitative estimate of drug-likeness (QED) is 0.277. The number of rotatable bonds is 7. The van der Waals surface area contributed by atoms with Gasteiger partial charge >= 0.3 is 5.97 Å². The van der Waals surface area contributed by atoms with E-state index in [0.717, 1.165) is 22.0 Å². The minimum atomic E-state index is -0.414. The van der Waals surface area contributed by atoms with Crippen molar-refractivity contribution in [3.05, 3.63) is 82.8 Å². The summed E-state index contributed by atoms with van der Waals surface area (Å²) in [6, 6.07) is 20.4. The summed E-state index contributed by atoms with van der Waals surface area (Å²) in [6.45, 7) is 0.367. The van der Waals surface area contributed by atoms with E-state index in [0.29, 0.717) is 27.8 Å². The molecule has 3 aromatic carbocycles. The lowest BCUT2D eigenvalue weighted by atomic mass is 10.1. The minimum Gasteiger partial charge on any atom is -0.465 e. The van der Waals surface area contributed by atoms with Gasteiger partial charge in [-0.2, -0.15) is 0 Å². The molecule has 0 unspecified atom stereocenters. The third-order valence-electron chi connectivity index (χ3n) is 5.35. The van der Waals surface area contributed by atoms with Crippen LogP contribution in [-0.2, 0) is 14.3 Å². The van der Waals surface area contributed by atoms with Crippen molar-refractivity contribution in [3.63, 3.8) is 0 Å². The molecule has 1 saturated heterocycles. The highest BCUT2D eigenvalue weighted by Crippen LogP contribution is 2.33. The topological polar surface area (TPSA) is 75.7 Å². The summed E-state index contributed by atoms with van der Waals surface area (Å²) in [5.41, 5.74) is 1.99. The summed E-state index contributed by atoms with van der Waals surface area (Å²) in [4.78, 5) is 38.9. The molecular weight excluding hydrogens is 468 g/mol. The number of thiocarbonyl (C=S) groups is 1. The normalized spacial score (nSPS) is 14.6. The van der Waals surface area contributed by atoms with Crippen LogP contribution in [-0.4, -0.2) is 40.7 Å². The van der Waals surface area contributed by atoms with Gasteiger partial charge in [0.05, 0.1) is 17.6 Å². The number of carbonyl (C=O) groups excluding carboxylic acids is 3. The largest absolute Gasteiger partial charge is 0.465 e. The molecule has 0 aliphatic carbocycles. The molecule has 0 saturated carbocycles. The Kier molecular flexibility index (Phi) is 7.40. The molecule has 0 bridgehead atoms. The van der Waals surface area contributed by atoms with Gasteiger partial charge in [-0.1, -0.05) is 72.5 Å². The molecule has 1 aliphatic heterocycles. The van der Waals surface area contributed by atoms with Gasteiger partial charge in [-0.15, -0.1) is 0 Å². The Morgan fingerprint density at radius 3 is 2.56 bits per heavy atom. The smallest absolute Gasteiger partial charge is 0.337 e. The van der Waals surface area contributed by atoms with Crippen molar-refractivity contribution in [2.45, 2.75) is 12.8 Å². The van der Waals surface area contributed by atoms with Crippen molar-refractivity contribution in [2.75, 3.05) is 19.0 Å². The van der Waals surface area contributed by atoms with Crippen LogP contribution in [0.5, 0.6) is 0 Å². The number of ether oxygens (including phenoxy) is 1. The van der Waals surface area contributed by atoms with Gasteiger partial charge in [0.15, 0.2) is 0 Å². The minimum absolute atomic E-state index is 0.108. The second kappa shape index (κ2) is 10.6. The first-order chi connectivity index (χ1) is 16.5. The Morgan fingerprint density at radius 2 is 1.79 bits per heavy atom. The number of fused-ring (bicyclic) bond motifs is 1. The molecule has 1 heterocycles. The van der Waals surface area contributed by atoms with Gasteiger partial charge in [0.2, 0.25) is 5.91 Å². The van der Waals surface area contributed by atoms with Crippen molar-refractivity contribution in [1.29, 1.82) is 0 Å². The molecule has 1 fully saturated rings. The number of benzene rings is 3. The second-order valence-corrected chi connectivity index (χ2v) is 9.30. The van der Waals surface area contributed by atoms with Crippen LogP contribution < -0.4 is 5.32 Å². The Hall–Kier alpha value is -3.49. The molecule has 2 amide bonds. The number of thioether (sulfide) groups is 1. The average molecular weight is 491 g/mol. The number of nitrogens with zero attached hydrogens (tertiary/aromatic N) is 1. The zero-order valence-corrected chi connectivity index (χ0v) is 20.1. The summed E-state index contributed by atoms with van der Waals surface area (Å²) >= 11 is 6.62. The third kappa shape index (κ3) is 5.35. The number of hydrogen-bond donors (Lipinski definition) is 1. The highest BCUT2D eigenvalue weighted by Gasteiger charge is 2.31. The number of nitrogens with one attached hydrogen (secondary N) is 1. The maximum Gasteiger partial charge on any atom is 0.337 e. The third-order valence-corrected chi connectivity index (χ3v) is 6.73. The summed E-state index contributed by atoms with van der Waals surface area (Å²) in [6.07, 6.45) is 2.51. The van der Waals surface area contributed by atoms with E-state index in [1.165, 1.54) is 23.8 Å². The molecule has 4 rings (SSSR count). The highest BCUT2D eigenvalue weighted by molar-refractivity contribution is 8.26. The lowest BCUT2D eigenvalue weighted by molar-refractivity contribution is -0.122. The number of carbonyl (C=O) groups is 3. The fourth-order valence-electron chi connectivity index (χ4n) is 3.62. The van der Waals surface area contributed by atoms with Gasteiger partial charge in [-0.3, -0.25) is 14.5 Å². The van der Waals surface area contributed by atoms with Crippen molar-refractivity contribution in [2.24, 2.45) is 0 Å². The Labute approximate surface area is 207 Å². The van der Waals surface area contributed by atoms with Crippen molar-refractivity contribution in [3.8, 4) is 0 Å². The van der Waals surface area contributed by atoms with Gasteiger partial charge in [0.1, 0.15) is 4.32 Å². The SMILES string of the molecule is COC(=O)c1ccc(/C=C2\SC(=S)N(CCCC(=O)Nc3cccc4ccccc34)C2=O)cc1. The van der Waals surface area contributed by atoms with Crippen LogP contribution in [0, 0.1) is 0 Å². The van der Waals surface area contributed by atoms with Gasteiger partial charge in [-0.05, 0) is 41.6 Å². The maximum atomic E-state index is 12.8. The first-order valence-electron chi connectivity index (χ1n) is 10.7.